The molecule has 3 nitrogen and oxygen atoms in total. The molecule has 2 rings (SSSR count). The average molecular weight is 418 g/mol. The zero-order valence-corrected chi connectivity index (χ0v) is 17.0. The Morgan fingerprint density at radius 3 is 2.27 bits per heavy atom. The van der Waals surface area contributed by atoms with Gasteiger partial charge in [0.15, 0.2) is 0 Å². The van der Waals surface area contributed by atoms with Crippen molar-refractivity contribution in [1.29, 1.82) is 0 Å². The lowest BCUT2D eigenvalue weighted by molar-refractivity contribution is -0.120. The minimum Gasteiger partial charge on any atom is -0.355 e. The molecule has 0 atom stereocenters. The molecule has 0 saturated heterocycles. The SMILES string of the molecule is CC(C)(C)CNC(=O)Cc1cc(Nc2c(Cl)cc(Cl)cc2Cl)ccc1F. The van der Waals surface area contributed by atoms with Gasteiger partial charge in [-0.2, -0.15) is 0 Å². The summed E-state index contributed by atoms with van der Waals surface area (Å²) in [6.07, 6.45) is -0.0560. The maximum atomic E-state index is 14.1. The molecule has 2 N–H and O–H groups in total. The predicted octanol–water partition coefficient (Wildman–Crippen LogP) is 6.23. The number of carbonyl (C=O) groups excluding carboxylic acids is 1. The van der Waals surface area contributed by atoms with Crippen LogP contribution in [0.2, 0.25) is 15.1 Å². The van der Waals surface area contributed by atoms with E-state index in [1.807, 2.05) is 20.8 Å². The van der Waals surface area contributed by atoms with Gasteiger partial charge in [-0.25, -0.2) is 4.39 Å². The first-order valence-electron chi connectivity index (χ1n) is 8.02. The van der Waals surface area contributed by atoms with E-state index in [0.29, 0.717) is 33.0 Å². The van der Waals surface area contributed by atoms with Gasteiger partial charge in [-0.15, -0.1) is 0 Å². The van der Waals surface area contributed by atoms with Crippen molar-refractivity contribution in [3.63, 3.8) is 0 Å². The highest BCUT2D eigenvalue weighted by Crippen LogP contribution is 2.36. The van der Waals surface area contributed by atoms with E-state index in [2.05, 4.69) is 10.6 Å². The summed E-state index contributed by atoms with van der Waals surface area (Å²) in [6.45, 7) is 6.55. The lowest BCUT2D eigenvalue weighted by Crippen LogP contribution is -2.33. The Kier molecular flexibility index (Phi) is 6.78. The lowest BCUT2D eigenvalue weighted by Gasteiger charge is -2.19. The third kappa shape index (κ3) is 6.04. The first-order chi connectivity index (χ1) is 12.0. The molecule has 7 heteroatoms. The first kappa shape index (κ1) is 20.8. The maximum absolute atomic E-state index is 14.1. The van der Waals surface area contributed by atoms with Crippen LogP contribution in [0.1, 0.15) is 26.3 Å². The number of halogens is 4. The number of benzene rings is 2. The number of anilines is 2. The fraction of sp³-hybridized carbons (Fsp3) is 0.316. The second-order valence-electron chi connectivity index (χ2n) is 7.19. The Labute approximate surface area is 167 Å². The van der Waals surface area contributed by atoms with Crippen LogP contribution in [0.25, 0.3) is 0 Å². The molecule has 1 amide bonds. The van der Waals surface area contributed by atoms with Crippen LogP contribution in [-0.4, -0.2) is 12.5 Å². The first-order valence-corrected chi connectivity index (χ1v) is 9.15. The normalized spacial score (nSPS) is 11.3. The van der Waals surface area contributed by atoms with Gasteiger partial charge in [0.05, 0.1) is 22.2 Å². The predicted molar refractivity (Wildman–Crippen MR) is 107 cm³/mol. The van der Waals surface area contributed by atoms with Gasteiger partial charge in [-0.3, -0.25) is 4.79 Å². The van der Waals surface area contributed by atoms with Crippen molar-refractivity contribution in [2.45, 2.75) is 27.2 Å². The Morgan fingerprint density at radius 1 is 1.08 bits per heavy atom. The van der Waals surface area contributed by atoms with Gasteiger partial charge in [0.2, 0.25) is 5.91 Å². The van der Waals surface area contributed by atoms with Crippen LogP contribution < -0.4 is 10.6 Å². The molecule has 2 aromatic carbocycles. The number of hydrogen-bond donors (Lipinski definition) is 2. The van der Waals surface area contributed by atoms with Crippen molar-refractivity contribution >= 4 is 52.1 Å². The van der Waals surface area contributed by atoms with E-state index in [9.17, 15) is 9.18 Å². The zero-order valence-electron chi connectivity index (χ0n) is 14.7. The summed E-state index contributed by atoms with van der Waals surface area (Å²) in [4.78, 5) is 12.1. The van der Waals surface area contributed by atoms with Crippen LogP contribution in [0.3, 0.4) is 0 Å². The molecule has 0 unspecified atom stereocenters. The van der Waals surface area contributed by atoms with E-state index in [0.717, 1.165) is 0 Å². The smallest absolute Gasteiger partial charge is 0.224 e. The molecule has 0 saturated carbocycles. The summed E-state index contributed by atoms with van der Waals surface area (Å²) in [5.41, 5.74) is 1.27. The van der Waals surface area contributed by atoms with Gasteiger partial charge in [-0.1, -0.05) is 55.6 Å². The number of nitrogens with one attached hydrogen (secondary N) is 2. The highest BCUT2D eigenvalue weighted by Gasteiger charge is 2.15. The number of hydrogen-bond acceptors (Lipinski definition) is 2. The maximum Gasteiger partial charge on any atom is 0.224 e. The summed E-state index contributed by atoms with van der Waals surface area (Å²) in [6, 6.07) is 7.52. The van der Waals surface area contributed by atoms with Crippen molar-refractivity contribution in [2.24, 2.45) is 5.41 Å². The van der Waals surface area contributed by atoms with Crippen molar-refractivity contribution in [1.82, 2.24) is 5.32 Å². The van der Waals surface area contributed by atoms with E-state index in [-0.39, 0.29) is 23.3 Å². The molecular formula is C19H20Cl3FN2O. The van der Waals surface area contributed by atoms with Crippen LogP contribution in [0, 0.1) is 11.2 Å². The van der Waals surface area contributed by atoms with Crippen molar-refractivity contribution < 1.29 is 9.18 Å². The molecule has 0 radical (unpaired) electrons. The Balaban J connectivity index is 2.16. The van der Waals surface area contributed by atoms with Crippen LogP contribution in [0.5, 0.6) is 0 Å². The zero-order chi connectivity index (χ0) is 19.5. The van der Waals surface area contributed by atoms with Gasteiger partial charge in [0, 0.05) is 17.3 Å². The largest absolute Gasteiger partial charge is 0.355 e. The molecule has 0 heterocycles. The average Bonchev–Trinajstić information content (AvgIpc) is 2.51. The number of amides is 1. The Hall–Kier alpha value is -1.49. The molecule has 0 bridgehead atoms. The summed E-state index contributed by atoms with van der Waals surface area (Å²) in [5.74, 6) is -0.687. The standard InChI is InChI=1S/C19H20Cl3FN2O/c1-19(2,3)10-24-17(26)7-11-6-13(4-5-16(11)23)25-18-14(21)8-12(20)9-15(18)22/h4-6,8-9,25H,7,10H2,1-3H3,(H,24,26). The fourth-order valence-electron chi connectivity index (χ4n) is 2.19. The van der Waals surface area contributed by atoms with Gasteiger partial charge >= 0.3 is 0 Å². The summed E-state index contributed by atoms with van der Waals surface area (Å²) in [5, 5.41) is 6.96. The van der Waals surface area contributed by atoms with Gasteiger partial charge < -0.3 is 10.6 Å². The highest BCUT2D eigenvalue weighted by molar-refractivity contribution is 6.41. The molecule has 2 aromatic rings. The Morgan fingerprint density at radius 2 is 1.69 bits per heavy atom. The summed E-state index contributed by atoms with van der Waals surface area (Å²) < 4.78 is 14.1. The van der Waals surface area contributed by atoms with Gasteiger partial charge in [0.25, 0.3) is 0 Å². The molecule has 0 spiro atoms. The van der Waals surface area contributed by atoms with E-state index >= 15 is 0 Å². The molecule has 0 aliphatic rings. The van der Waals surface area contributed by atoms with E-state index in [4.69, 9.17) is 34.8 Å². The minimum absolute atomic E-state index is 0.0420. The quantitative estimate of drug-likeness (QED) is 0.605. The summed E-state index contributed by atoms with van der Waals surface area (Å²) in [7, 11) is 0. The van der Waals surface area contributed by atoms with Crippen LogP contribution in [-0.2, 0) is 11.2 Å². The van der Waals surface area contributed by atoms with E-state index in [1.54, 1.807) is 24.3 Å². The lowest BCUT2D eigenvalue weighted by atomic mass is 9.97. The van der Waals surface area contributed by atoms with Crippen molar-refractivity contribution in [3.05, 3.63) is 56.8 Å². The molecule has 0 aliphatic heterocycles. The minimum atomic E-state index is -0.449. The molecule has 26 heavy (non-hydrogen) atoms. The van der Waals surface area contributed by atoms with E-state index in [1.165, 1.54) is 6.07 Å². The summed E-state index contributed by atoms with van der Waals surface area (Å²) >= 11 is 18.2. The fourth-order valence-corrected chi connectivity index (χ4v) is 3.10. The van der Waals surface area contributed by atoms with Crippen molar-refractivity contribution in [3.8, 4) is 0 Å². The van der Waals surface area contributed by atoms with Crippen LogP contribution in [0.15, 0.2) is 30.3 Å². The molecule has 140 valence electrons. The third-order valence-corrected chi connectivity index (χ3v) is 4.30. The third-order valence-electron chi connectivity index (χ3n) is 3.49. The molecule has 0 aromatic heterocycles. The van der Waals surface area contributed by atoms with Gasteiger partial charge in [0.1, 0.15) is 5.82 Å². The molecule has 0 aliphatic carbocycles. The number of rotatable bonds is 5. The van der Waals surface area contributed by atoms with Crippen LogP contribution in [0.4, 0.5) is 15.8 Å². The van der Waals surface area contributed by atoms with Crippen molar-refractivity contribution in [2.75, 3.05) is 11.9 Å². The second-order valence-corrected chi connectivity index (χ2v) is 8.44. The topological polar surface area (TPSA) is 41.1 Å². The highest BCUT2D eigenvalue weighted by atomic mass is 35.5. The van der Waals surface area contributed by atoms with Crippen LogP contribution >= 0.6 is 34.8 Å². The number of carbonyl (C=O) groups is 1. The molecule has 0 fully saturated rings. The van der Waals surface area contributed by atoms with Gasteiger partial charge in [-0.05, 0) is 41.3 Å². The Bertz CT molecular complexity index is 796. The van der Waals surface area contributed by atoms with E-state index < -0.39 is 5.82 Å². The molecular weight excluding hydrogens is 398 g/mol. The second kappa shape index (κ2) is 8.47. The monoisotopic (exact) mass is 416 g/mol.